The van der Waals surface area contributed by atoms with Gasteiger partial charge >= 0.3 is 0 Å². The number of nitrogens with zero attached hydrogens (tertiary/aromatic N) is 3. The topological polar surface area (TPSA) is 68.9 Å². The highest BCUT2D eigenvalue weighted by Gasteiger charge is 2.20. The van der Waals surface area contributed by atoms with Crippen LogP contribution in [0.2, 0.25) is 0 Å². The molecule has 0 spiro atoms. The Hall–Kier alpha value is -2.30. The molecule has 0 fully saturated rings. The van der Waals surface area contributed by atoms with Crippen molar-refractivity contribution in [3.8, 4) is 11.4 Å². The summed E-state index contributed by atoms with van der Waals surface area (Å²) in [6.45, 7) is 2.27. The smallest absolute Gasteiger partial charge is 0.258 e. The van der Waals surface area contributed by atoms with Gasteiger partial charge < -0.3 is 0 Å². The van der Waals surface area contributed by atoms with Crippen LogP contribution in [-0.2, 0) is 12.8 Å². The van der Waals surface area contributed by atoms with Crippen LogP contribution in [0.3, 0.4) is 0 Å². The third-order valence-corrected chi connectivity index (χ3v) is 6.05. The van der Waals surface area contributed by atoms with Crippen LogP contribution in [0.25, 0.3) is 11.4 Å². The summed E-state index contributed by atoms with van der Waals surface area (Å²) >= 11 is 0. The standard InChI is InChI=1S/C24H33N3O2/c1-2-3-4-5-6-7-8-9-10-19-11-16-23-21(17-19)18-25-24(26-23)20-12-14-22(15-13-20)27(28)29/h12-15,18-19H,2-11,16-17H2,1H3. The van der Waals surface area contributed by atoms with Crippen LogP contribution < -0.4 is 0 Å². The molecule has 1 unspecified atom stereocenters. The van der Waals surface area contributed by atoms with E-state index >= 15 is 0 Å². The van der Waals surface area contributed by atoms with Gasteiger partial charge in [-0.25, -0.2) is 9.97 Å². The van der Waals surface area contributed by atoms with E-state index in [0.717, 1.165) is 30.0 Å². The molecule has 0 saturated carbocycles. The van der Waals surface area contributed by atoms with E-state index in [9.17, 15) is 10.1 Å². The Kier molecular flexibility index (Phi) is 8.14. The molecule has 29 heavy (non-hydrogen) atoms. The molecule has 156 valence electrons. The van der Waals surface area contributed by atoms with Gasteiger partial charge in [0.25, 0.3) is 5.69 Å². The maximum absolute atomic E-state index is 10.8. The molecule has 0 saturated heterocycles. The van der Waals surface area contributed by atoms with Gasteiger partial charge in [0.15, 0.2) is 5.82 Å². The van der Waals surface area contributed by atoms with Crippen molar-refractivity contribution in [1.29, 1.82) is 0 Å². The zero-order valence-corrected chi connectivity index (χ0v) is 17.6. The van der Waals surface area contributed by atoms with Crippen LogP contribution in [0.4, 0.5) is 5.69 Å². The van der Waals surface area contributed by atoms with Crippen molar-refractivity contribution in [2.75, 3.05) is 0 Å². The predicted molar refractivity (Wildman–Crippen MR) is 117 cm³/mol. The Morgan fingerprint density at radius 3 is 2.41 bits per heavy atom. The van der Waals surface area contributed by atoms with Gasteiger partial charge in [-0.1, -0.05) is 64.7 Å². The average molecular weight is 396 g/mol. The number of nitro benzene ring substituents is 1. The van der Waals surface area contributed by atoms with E-state index < -0.39 is 0 Å². The molecule has 0 bridgehead atoms. The fourth-order valence-electron chi connectivity index (χ4n) is 4.27. The molecule has 1 heterocycles. The lowest BCUT2D eigenvalue weighted by atomic mass is 9.84. The minimum absolute atomic E-state index is 0.0931. The van der Waals surface area contributed by atoms with Gasteiger partial charge in [-0.15, -0.1) is 0 Å². The second-order valence-corrected chi connectivity index (χ2v) is 8.34. The van der Waals surface area contributed by atoms with Gasteiger partial charge in [0.05, 0.1) is 4.92 Å². The van der Waals surface area contributed by atoms with E-state index in [2.05, 4.69) is 11.9 Å². The Morgan fingerprint density at radius 1 is 1.03 bits per heavy atom. The SMILES string of the molecule is CCCCCCCCCCC1CCc2nc(-c3ccc([N+](=O)[O-])cc3)ncc2C1. The summed E-state index contributed by atoms with van der Waals surface area (Å²) in [5, 5.41) is 10.8. The number of unbranched alkanes of at least 4 members (excludes halogenated alkanes) is 7. The zero-order chi connectivity index (χ0) is 20.5. The van der Waals surface area contributed by atoms with Crippen LogP contribution in [0, 0.1) is 16.0 Å². The molecule has 1 aliphatic carbocycles. The highest BCUT2D eigenvalue weighted by Crippen LogP contribution is 2.29. The number of rotatable bonds is 11. The molecule has 5 heteroatoms. The van der Waals surface area contributed by atoms with Gasteiger partial charge in [-0.3, -0.25) is 10.1 Å². The Morgan fingerprint density at radius 2 is 1.72 bits per heavy atom. The third-order valence-electron chi connectivity index (χ3n) is 6.05. The second kappa shape index (κ2) is 11.0. The first kappa shape index (κ1) is 21.4. The fraction of sp³-hybridized carbons (Fsp3) is 0.583. The van der Waals surface area contributed by atoms with Crippen molar-refractivity contribution in [2.45, 2.75) is 84.0 Å². The molecular weight excluding hydrogens is 362 g/mol. The van der Waals surface area contributed by atoms with Crippen molar-refractivity contribution >= 4 is 5.69 Å². The first-order valence-corrected chi connectivity index (χ1v) is 11.3. The number of aryl methyl sites for hydroxylation is 1. The van der Waals surface area contributed by atoms with E-state index in [-0.39, 0.29) is 10.6 Å². The maximum atomic E-state index is 10.8. The van der Waals surface area contributed by atoms with Crippen molar-refractivity contribution in [1.82, 2.24) is 9.97 Å². The number of nitro groups is 1. The van der Waals surface area contributed by atoms with Crippen molar-refractivity contribution in [3.05, 3.63) is 51.8 Å². The Labute approximate surface area is 174 Å². The Balaban J connectivity index is 1.46. The van der Waals surface area contributed by atoms with Crippen LogP contribution in [0.5, 0.6) is 0 Å². The molecule has 5 nitrogen and oxygen atoms in total. The van der Waals surface area contributed by atoms with Gasteiger partial charge in [-0.2, -0.15) is 0 Å². The van der Waals surface area contributed by atoms with E-state index in [4.69, 9.17) is 4.98 Å². The molecule has 0 radical (unpaired) electrons. The molecular formula is C24H33N3O2. The molecule has 2 aromatic rings. The summed E-state index contributed by atoms with van der Waals surface area (Å²) in [5.74, 6) is 1.43. The van der Waals surface area contributed by atoms with Crippen molar-refractivity contribution in [2.24, 2.45) is 5.92 Å². The summed E-state index contributed by atoms with van der Waals surface area (Å²) < 4.78 is 0. The average Bonchev–Trinajstić information content (AvgIpc) is 2.75. The number of hydrogen-bond acceptors (Lipinski definition) is 4. The summed E-state index contributed by atoms with van der Waals surface area (Å²) in [5.41, 5.74) is 3.36. The lowest BCUT2D eigenvalue weighted by Crippen LogP contribution is -2.16. The summed E-state index contributed by atoms with van der Waals surface area (Å²) in [7, 11) is 0. The van der Waals surface area contributed by atoms with Gasteiger partial charge in [0.2, 0.25) is 0 Å². The zero-order valence-electron chi connectivity index (χ0n) is 17.6. The molecule has 1 aromatic carbocycles. The quantitative estimate of drug-likeness (QED) is 0.241. The van der Waals surface area contributed by atoms with Crippen molar-refractivity contribution < 1.29 is 4.92 Å². The first-order chi connectivity index (χ1) is 14.2. The van der Waals surface area contributed by atoms with Gasteiger partial charge in [0, 0.05) is 29.6 Å². The van der Waals surface area contributed by atoms with Crippen molar-refractivity contribution in [3.63, 3.8) is 0 Å². The molecule has 0 amide bonds. The maximum Gasteiger partial charge on any atom is 0.269 e. The van der Waals surface area contributed by atoms with Crippen LogP contribution in [-0.4, -0.2) is 14.9 Å². The molecule has 1 aliphatic rings. The molecule has 3 rings (SSSR count). The highest BCUT2D eigenvalue weighted by molar-refractivity contribution is 5.57. The normalized spacial score (nSPS) is 15.8. The van der Waals surface area contributed by atoms with E-state index in [1.807, 2.05) is 6.20 Å². The number of hydrogen-bond donors (Lipinski definition) is 0. The highest BCUT2D eigenvalue weighted by atomic mass is 16.6. The third kappa shape index (κ3) is 6.34. The van der Waals surface area contributed by atoms with Crippen LogP contribution >= 0.6 is 0 Å². The van der Waals surface area contributed by atoms with Crippen LogP contribution in [0.1, 0.15) is 82.4 Å². The van der Waals surface area contributed by atoms with Gasteiger partial charge in [-0.05, 0) is 42.9 Å². The summed E-state index contributed by atoms with van der Waals surface area (Å²) in [4.78, 5) is 19.7. The largest absolute Gasteiger partial charge is 0.269 e. The number of non-ortho nitro benzene ring substituents is 1. The van der Waals surface area contributed by atoms with Crippen LogP contribution in [0.15, 0.2) is 30.5 Å². The van der Waals surface area contributed by atoms with Gasteiger partial charge in [0.1, 0.15) is 0 Å². The number of fused-ring (bicyclic) bond motifs is 1. The number of aromatic nitrogens is 2. The van der Waals surface area contributed by atoms with E-state index in [1.54, 1.807) is 12.1 Å². The lowest BCUT2D eigenvalue weighted by Gasteiger charge is -2.24. The van der Waals surface area contributed by atoms with E-state index in [0.29, 0.717) is 5.82 Å². The molecule has 1 aromatic heterocycles. The second-order valence-electron chi connectivity index (χ2n) is 8.34. The minimum atomic E-state index is -0.385. The fourth-order valence-corrected chi connectivity index (χ4v) is 4.27. The monoisotopic (exact) mass is 395 g/mol. The molecule has 0 N–H and O–H groups in total. The first-order valence-electron chi connectivity index (χ1n) is 11.3. The molecule has 1 atom stereocenters. The molecule has 0 aliphatic heterocycles. The number of benzene rings is 1. The lowest BCUT2D eigenvalue weighted by molar-refractivity contribution is -0.384. The summed E-state index contributed by atoms with van der Waals surface area (Å²) in [6, 6.07) is 6.48. The Bertz CT molecular complexity index is 789. The minimum Gasteiger partial charge on any atom is -0.258 e. The summed E-state index contributed by atoms with van der Waals surface area (Å²) in [6.07, 6.45) is 17.6. The predicted octanol–water partition coefficient (Wildman–Crippen LogP) is 6.69. The van der Waals surface area contributed by atoms with E-state index in [1.165, 1.54) is 81.9 Å².